The fourth-order valence-corrected chi connectivity index (χ4v) is 4.39. The highest BCUT2D eigenvalue weighted by molar-refractivity contribution is 7.07. The highest BCUT2D eigenvalue weighted by atomic mass is 32.1. The molecule has 32 heavy (non-hydrogen) atoms. The number of hydrogen-bond donors (Lipinski definition) is 2. The van der Waals surface area contributed by atoms with E-state index in [-0.39, 0.29) is 5.91 Å². The van der Waals surface area contributed by atoms with Gasteiger partial charge in [0.25, 0.3) is 5.91 Å². The van der Waals surface area contributed by atoms with E-state index in [4.69, 9.17) is 0 Å². The lowest BCUT2D eigenvalue weighted by Crippen LogP contribution is -2.44. The van der Waals surface area contributed by atoms with E-state index >= 15 is 0 Å². The summed E-state index contributed by atoms with van der Waals surface area (Å²) >= 11 is 1.41. The number of anilines is 2. The number of amides is 1. The number of carbonyl (C=O) groups is 1. The molecule has 162 valence electrons. The van der Waals surface area contributed by atoms with E-state index in [9.17, 15) is 4.79 Å². The molecule has 2 aromatic carbocycles. The van der Waals surface area contributed by atoms with Crippen LogP contribution in [0.4, 0.5) is 11.4 Å². The van der Waals surface area contributed by atoms with Crippen molar-refractivity contribution in [1.82, 2.24) is 20.1 Å². The first-order valence-corrected chi connectivity index (χ1v) is 11.5. The Balaban J connectivity index is 1.52. The van der Waals surface area contributed by atoms with Gasteiger partial charge in [-0.15, -0.1) is 11.3 Å². The molecular formula is C24H24N6OS. The van der Waals surface area contributed by atoms with Crippen molar-refractivity contribution < 1.29 is 4.79 Å². The predicted molar refractivity (Wildman–Crippen MR) is 131 cm³/mol. The van der Waals surface area contributed by atoms with Crippen molar-refractivity contribution in [2.75, 3.05) is 43.4 Å². The van der Waals surface area contributed by atoms with Crippen LogP contribution in [0.3, 0.4) is 0 Å². The third-order valence-electron chi connectivity index (χ3n) is 5.70. The summed E-state index contributed by atoms with van der Waals surface area (Å²) in [6.07, 6.45) is 4.03. The zero-order valence-electron chi connectivity index (χ0n) is 17.8. The molecule has 0 spiro atoms. The lowest BCUT2D eigenvalue weighted by molar-refractivity contribution is 0.102. The van der Waals surface area contributed by atoms with Crippen molar-refractivity contribution in [1.29, 1.82) is 0 Å². The summed E-state index contributed by atoms with van der Waals surface area (Å²) in [6.45, 7) is 3.75. The smallest absolute Gasteiger partial charge is 0.275 e. The van der Waals surface area contributed by atoms with Crippen LogP contribution in [0.2, 0.25) is 0 Å². The molecule has 1 aliphatic heterocycles. The maximum Gasteiger partial charge on any atom is 0.275 e. The number of fused-ring (bicyclic) bond motifs is 1. The van der Waals surface area contributed by atoms with E-state index in [1.54, 1.807) is 10.9 Å². The number of rotatable bonds is 5. The Kier molecular flexibility index (Phi) is 5.70. The van der Waals surface area contributed by atoms with Crippen molar-refractivity contribution >= 4 is 51.7 Å². The van der Waals surface area contributed by atoms with Gasteiger partial charge < -0.3 is 15.1 Å². The van der Waals surface area contributed by atoms with Crippen LogP contribution >= 0.6 is 11.3 Å². The minimum atomic E-state index is -0.203. The molecule has 1 amide bonds. The number of carbonyl (C=O) groups excluding carboxylic acids is 1. The largest absolute Gasteiger partial charge is 0.367 e. The Hall–Kier alpha value is -3.49. The van der Waals surface area contributed by atoms with E-state index in [1.165, 1.54) is 11.3 Å². The number of benzene rings is 2. The van der Waals surface area contributed by atoms with E-state index in [0.29, 0.717) is 5.69 Å². The number of hydrogen-bond acceptors (Lipinski definition) is 6. The summed E-state index contributed by atoms with van der Waals surface area (Å²) in [5.74, 6) is -0.203. The zero-order valence-corrected chi connectivity index (χ0v) is 18.6. The first kappa shape index (κ1) is 20.4. The number of nitrogens with zero attached hydrogens (tertiary/aromatic N) is 4. The van der Waals surface area contributed by atoms with Gasteiger partial charge in [0.2, 0.25) is 0 Å². The van der Waals surface area contributed by atoms with Crippen LogP contribution in [-0.2, 0) is 0 Å². The summed E-state index contributed by atoms with van der Waals surface area (Å²) in [4.78, 5) is 21.6. The summed E-state index contributed by atoms with van der Waals surface area (Å²) in [5, 5.41) is 13.5. The van der Waals surface area contributed by atoms with Crippen molar-refractivity contribution in [3.8, 4) is 0 Å². The van der Waals surface area contributed by atoms with Crippen LogP contribution in [0.25, 0.3) is 23.1 Å². The zero-order chi connectivity index (χ0) is 21.9. The third kappa shape index (κ3) is 4.28. The molecule has 3 heterocycles. The molecule has 0 bridgehead atoms. The SMILES string of the molecule is CN1CCN(c2cc3[nH]nc(/C=C/c4ccccc4)c3cc2NC(=O)c2cscn2)CC1. The van der Waals surface area contributed by atoms with Crippen molar-refractivity contribution in [3.05, 3.63) is 70.3 Å². The van der Waals surface area contributed by atoms with E-state index in [1.807, 2.05) is 36.4 Å². The van der Waals surface area contributed by atoms with Gasteiger partial charge in [-0.1, -0.05) is 36.4 Å². The Labute approximate surface area is 190 Å². The van der Waals surface area contributed by atoms with Crippen LogP contribution in [0, 0.1) is 0 Å². The number of aromatic amines is 1. The lowest BCUT2D eigenvalue weighted by Gasteiger charge is -2.35. The van der Waals surface area contributed by atoms with Crippen molar-refractivity contribution in [2.24, 2.45) is 0 Å². The molecule has 2 N–H and O–H groups in total. The van der Waals surface area contributed by atoms with Crippen LogP contribution in [0.1, 0.15) is 21.7 Å². The fourth-order valence-electron chi connectivity index (χ4n) is 3.86. The maximum absolute atomic E-state index is 12.8. The first-order valence-electron chi connectivity index (χ1n) is 10.6. The van der Waals surface area contributed by atoms with Crippen LogP contribution in [-0.4, -0.2) is 59.2 Å². The van der Waals surface area contributed by atoms with Crippen LogP contribution in [0.15, 0.2) is 53.4 Å². The number of thiazole rings is 1. The van der Waals surface area contributed by atoms with Gasteiger partial charge in [0.15, 0.2) is 0 Å². The van der Waals surface area contributed by atoms with Crippen molar-refractivity contribution in [3.63, 3.8) is 0 Å². The Morgan fingerprint density at radius 3 is 2.69 bits per heavy atom. The highest BCUT2D eigenvalue weighted by Gasteiger charge is 2.21. The molecule has 4 aromatic rings. The second-order valence-corrected chi connectivity index (χ2v) is 8.60. The van der Waals surface area contributed by atoms with Gasteiger partial charge in [0.1, 0.15) is 5.69 Å². The number of likely N-dealkylation sites (N-methyl/N-ethyl adjacent to an activating group) is 1. The number of aromatic nitrogens is 3. The molecule has 2 aromatic heterocycles. The molecule has 1 aliphatic rings. The van der Waals surface area contributed by atoms with Gasteiger partial charge in [-0.2, -0.15) is 5.10 Å². The topological polar surface area (TPSA) is 77.1 Å². The molecular weight excluding hydrogens is 420 g/mol. The van der Waals surface area contributed by atoms with Gasteiger partial charge >= 0.3 is 0 Å². The molecule has 1 fully saturated rings. The molecule has 0 radical (unpaired) electrons. The second kappa shape index (κ2) is 8.94. The number of piperazine rings is 1. The van der Waals surface area contributed by atoms with Gasteiger partial charge in [0, 0.05) is 36.9 Å². The molecule has 0 unspecified atom stereocenters. The molecule has 0 aliphatic carbocycles. The molecule has 8 heteroatoms. The molecule has 0 saturated carbocycles. The van der Waals surface area contributed by atoms with E-state index in [2.05, 4.69) is 55.5 Å². The van der Waals surface area contributed by atoms with Crippen LogP contribution < -0.4 is 10.2 Å². The van der Waals surface area contributed by atoms with Gasteiger partial charge in [-0.05, 0) is 30.8 Å². The summed E-state index contributed by atoms with van der Waals surface area (Å²) in [6, 6.07) is 14.2. The van der Waals surface area contributed by atoms with E-state index < -0.39 is 0 Å². The van der Waals surface area contributed by atoms with Crippen molar-refractivity contribution in [2.45, 2.75) is 0 Å². The second-order valence-electron chi connectivity index (χ2n) is 7.89. The lowest BCUT2D eigenvalue weighted by atomic mass is 10.1. The molecule has 1 saturated heterocycles. The Morgan fingerprint density at radius 1 is 1.12 bits per heavy atom. The average molecular weight is 445 g/mol. The third-order valence-corrected chi connectivity index (χ3v) is 6.29. The average Bonchev–Trinajstić information content (AvgIpc) is 3.49. The number of H-pyrrole nitrogens is 1. The standard InChI is InChI=1S/C24H24N6OS/c1-29-9-11-30(12-10-29)23-14-20-18(13-21(23)26-24(31)22-15-32-16-25-22)19(27-28-20)8-7-17-5-3-2-4-6-17/h2-8,13-16H,9-12H2,1H3,(H,26,31)(H,27,28)/b8-7+. The Bertz CT molecular complexity index is 1240. The fraction of sp³-hybridized carbons (Fsp3) is 0.208. The van der Waals surface area contributed by atoms with Gasteiger partial charge in [0.05, 0.1) is 28.1 Å². The quantitative estimate of drug-likeness (QED) is 0.483. The molecule has 0 atom stereocenters. The summed E-state index contributed by atoms with van der Waals surface area (Å²) < 4.78 is 0. The normalized spacial score (nSPS) is 15.0. The van der Waals surface area contributed by atoms with Crippen LogP contribution in [0.5, 0.6) is 0 Å². The van der Waals surface area contributed by atoms with Gasteiger partial charge in [-0.25, -0.2) is 4.98 Å². The minimum Gasteiger partial charge on any atom is -0.367 e. The Morgan fingerprint density at radius 2 is 1.94 bits per heavy atom. The summed E-state index contributed by atoms with van der Waals surface area (Å²) in [7, 11) is 2.13. The highest BCUT2D eigenvalue weighted by Crippen LogP contribution is 2.33. The van der Waals surface area contributed by atoms with E-state index in [0.717, 1.165) is 59.7 Å². The summed E-state index contributed by atoms with van der Waals surface area (Å²) in [5.41, 5.74) is 6.75. The molecule has 7 nitrogen and oxygen atoms in total. The maximum atomic E-state index is 12.8. The number of nitrogens with one attached hydrogen (secondary N) is 2. The predicted octanol–water partition coefficient (Wildman–Crippen LogP) is 4.19. The monoisotopic (exact) mass is 444 g/mol. The molecule has 5 rings (SSSR count). The van der Waals surface area contributed by atoms with Gasteiger partial charge in [-0.3, -0.25) is 9.89 Å². The first-order chi connectivity index (χ1) is 15.7. The minimum absolute atomic E-state index is 0.203.